The fourth-order valence-electron chi connectivity index (χ4n) is 5.09. The molecule has 0 amide bonds. The van der Waals surface area contributed by atoms with Crippen molar-refractivity contribution in [1.82, 2.24) is 15.4 Å². The molecule has 3 aliphatic rings. The second-order valence-corrected chi connectivity index (χ2v) is 7.82. The van der Waals surface area contributed by atoms with Crippen molar-refractivity contribution in [2.45, 2.75) is 37.6 Å². The van der Waals surface area contributed by atoms with E-state index in [1.807, 2.05) is 17.1 Å². The van der Waals surface area contributed by atoms with Gasteiger partial charge in [0.25, 0.3) is 0 Å². The predicted octanol–water partition coefficient (Wildman–Crippen LogP) is 0.722. The van der Waals surface area contributed by atoms with Gasteiger partial charge in [0.1, 0.15) is 5.54 Å². The summed E-state index contributed by atoms with van der Waals surface area (Å²) in [5.41, 5.74) is 1.92. The molecule has 1 aliphatic heterocycles. The number of carbonyl (C=O) groups excluding carboxylic acids is 3. The van der Waals surface area contributed by atoms with Crippen molar-refractivity contribution in [3.63, 3.8) is 0 Å². The molecule has 0 spiro atoms. The summed E-state index contributed by atoms with van der Waals surface area (Å²) >= 11 is 0. The van der Waals surface area contributed by atoms with Gasteiger partial charge >= 0.3 is 5.97 Å². The van der Waals surface area contributed by atoms with Gasteiger partial charge in [0.05, 0.1) is 13.5 Å². The van der Waals surface area contributed by atoms with Crippen LogP contribution in [0.1, 0.15) is 32.1 Å². The number of esters is 1. The van der Waals surface area contributed by atoms with Crippen molar-refractivity contribution in [3.8, 4) is 0 Å². The highest BCUT2D eigenvalue weighted by atomic mass is 16.5. The zero-order valence-corrected chi connectivity index (χ0v) is 16.1. The number of nitrogens with zero attached hydrogens (tertiary/aromatic N) is 3. The molecule has 2 unspecified atom stereocenters. The van der Waals surface area contributed by atoms with Gasteiger partial charge in [-0.15, -0.1) is 0 Å². The Labute approximate surface area is 164 Å². The van der Waals surface area contributed by atoms with Crippen LogP contribution in [0.3, 0.4) is 0 Å². The molecule has 0 radical (unpaired) electrons. The van der Waals surface area contributed by atoms with Crippen LogP contribution in [-0.4, -0.2) is 66.4 Å². The number of fused-ring (bicyclic) bond motifs is 1. The van der Waals surface area contributed by atoms with Gasteiger partial charge in [-0.1, -0.05) is 12.8 Å². The maximum absolute atomic E-state index is 13.0. The van der Waals surface area contributed by atoms with E-state index >= 15 is 0 Å². The Morgan fingerprint density at radius 1 is 1.07 bits per heavy atom. The van der Waals surface area contributed by atoms with Crippen molar-refractivity contribution in [3.05, 3.63) is 24.5 Å². The number of hydrazine groups is 1. The molecule has 8 nitrogen and oxygen atoms in total. The molecule has 4 rings (SSSR count). The Kier molecular flexibility index (Phi) is 4.93. The monoisotopic (exact) mass is 386 g/mol. The van der Waals surface area contributed by atoms with Crippen molar-refractivity contribution in [2.24, 2.45) is 5.41 Å². The SMILES string of the molecule is COC(=O)C12CCCCC1(NN1CCN(c3ccncc3)CC1)C(=O)CC2=O. The minimum absolute atomic E-state index is 0.181. The van der Waals surface area contributed by atoms with Crippen LogP contribution in [0.2, 0.25) is 0 Å². The number of carbonyl (C=O) groups is 3. The number of anilines is 1. The lowest BCUT2D eigenvalue weighted by Crippen LogP contribution is -2.70. The quantitative estimate of drug-likeness (QED) is 0.598. The Balaban J connectivity index is 1.55. The third kappa shape index (κ3) is 2.74. The predicted molar refractivity (Wildman–Crippen MR) is 101 cm³/mol. The number of nitrogens with one attached hydrogen (secondary N) is 1. The number of piperazine rings is 1. The zero-order chi connectivity index (χ0) is 19.8. The number of hydrogen-bond donors (Lipinski definition) is 1. The lowest BCUT2D eigenvalue weighted by molar-refractivity contribution is -0.168. The largest absolute Gasteiger partial charge is 0.468 e. The summed E-state index contributed by atoms with van der Waals surface area (Å²) in [5.74, 6) is -1.06. The van der Waals surface area contributed by atoms with Crippen LogP contribution in [-0.2, 0) is 19.1 Å². The lowest BCUT2D eigenvalue weighted by atomic mass is 9.62. The molecule has 2 heterocycles. The molecule has 1 saturated heterocycles. The molecule has 1 aromatic rings. The fraction of sp³-hybridized carbons (Fsp3) is 0.600. The van der Waals surface area contributed by atoms with Gasteiger partial charge in [0.2, 0.25) is 0 Å². The minimum atomic E-state index is -1.39. The number of rotatable bonds is 4. The highest BCUT2D eigenvalue weighted by molar-refractivity contribution is 6.23. The molecule has 2 aliphatic carbocycles. The third-order valence-corrected chi connectivity index (χ3v) is 6.55. The summed E-state index contributed by atoms with van der Waals surface area (Å²) in [6, 6.07) is 3.95. The average Bonchev–Trinajstić information content (AvgIpc) is 2.96. The van der Waals surface area contributed by atoms with Gasteiger partial charge in [-0.3, -0.25) is 19.4 Å². The number of methoxy groups -OCH3 is 1. The van der Waals surface area contributed by atoms with Crippen LogP contribution < -0.4 is 10.3 Å². The molecule has 2 saturated carbocycles. The van der Waals surface area contributed by atoms with Gasteiger partial charge < -0.3 is 9.64 Å². The second-order valence-electron chi connectivity index (χ2n) is 7.82. The van der Waals surface area contributed by atoms with Gasteiger partial charge in [-0.25, -0.2) is 10.4 Å². The summed E-state index contributed by atoms with van der Waals surface area (Å²) in [6.45, 7) is 2.92. The first-order valence-electron chi connectivity index (χ1n) is 9.86. The molecular weight excluding hydrogens is 360 g/mol. The number of hydrogen-bond acceptors (Lipinski definition) is 8. The number of pyridine rings is 1. The summed E-state index contributed by atoms with van der Waals surface area (Å²) < 4.78 is 5.02. The Hall–Kier alpha value is -2.32. The molecule has 0 bridgehead atoms. The Morgan fingerprint density at radius 2 is 1.75 bits per heavy atom. The standard InChI is InChI=1S/C20H26N4O4/c1-28-18(27)19-6-2-3-7-20(19,17(26)14-16(19)25)22-24-12-10-23(11-13-24)15-4-8-21-9-5-15/h4-5,8-9,22H,2-3,6-7,10-14H2,1H3. The van der Waals surface area contributed by atoms with Crippen LogP contribution in [0, 0.1) is 5.41 Å². The summed E-state index contributed by atoms with van der Waals surface area (Å²) in [5, 5.41) is 2.00. The van der Waals surface area contributed by atoms with E-state index in [1.54, 1.807) is 12.4 Å². The highest BCUT2D eigenvalue weighted by Crippen LogP contribution is 2.52. The topological polar surface area (TPSA) is 91.8 Å². The molecule has 8 heteroatoms. The van der Waals surface area contributed by atoms with Gasteiger partial charge in [-0.2, -0.15) is 0 Å². The number of ether oxygens (including phenoxy) is 1. The second kappa shape index (κ2) is 7.25. The van der Waals surface area contributed by atoms with E-state index in [0.29, 0.717) is 25.9 Å². The van der Waals surface area contributed by atoms with Gasteiger partial charge in [-0.05, 0) is 25.0 Å². The van der Waals surface area contributed by atoms with E-state index in [-0.39, 0.29) is 18.0 Å². The van der Waals surface area contributed by atoms with E-state index in [9.17, 15) is 14.4 Å². The molecular formula is C20H26N4O4. The smallest absolute Gasteiger partial charge is 0.321 e. The Morgan fingerprint density at radius 3 is 2.43 bits per heavy atom. The molecule has 2 atom stereocenters. The summed E-state index contributed by atoms with van der Waals surface area (Å²) in [7, 11) is 1.29. The van der Waals surface area contributed by atoms with E-state index in [2.05, 4.69) is 15.3 Å². The van der Waals surface area contributed by atoms with E-state index in [0.717, 1.165) is 31.6 Å². The normalized spacial score (nSPS) is 31.0. The molecule has 1 aromatic heterocycles. The van der Waals surface area contributed by atoms with Crippen LogP contribution in [0.5, 0.6) is 0 Å². The van der Waals surface area contributed by atoms with Crippen molar-refractivity contribution in [1.29, 1.82) is 0 Å². The number of ketones is 2. The maximum atomic E-state index is 13.0. The molecule has 3 fully saturated rings. The fourth-order valence-corrected chi connectivity index (χ4v) is 5.09. The highest BCUT2D eigenvalue weighted by Gasteiger charge is 2.71. The van der Waals surface area contributed by atoms with Gasteiger partial charge in [0, 0.05) is 44.3 Å². The number of Topliss-reactive ketones (excluding diaryl/α,β-unsaturated/α-hetero) is 2. The van der Waals surface area contributed by atoms with Gasteiger partial charge in [0.15, 0.2) is 17.0 Å². The summed E-state index contributed by atoms with van der Waals surface area (Å²) in [4.78, 5) is 44.9. The van der Waals surface area contributed by atoms with Crippen LogP contribution >= 0.6 is 0 Å². The van der Waals surface area contributed by atoms with Crippen LogP contribution in [0.4, 0.5) is 5.69 Å². The van der Waals surface area contributed by atoms with E-state index < -0.39 is 16.9 Å². The molecule has 1 N–H and O–H groups in total. The van der Waals surface area contributed by atoms with Crippen molar-refractivity contribution >= 4 is 23.2 Å². The third-order valence-electron chi connectivity index (χ3n) is 6.55. The van der Waals surface area contributed by atoms with E-state index in [1.165, 1.54) is 7.11 Å². The Bertz CT molecular complexity index is 778. The maximum Gasteiger partial charge on any atom is 0.321 e. The van der Waals surface area contributed by atoms with Crippen LogP contribution in [0.15, 0.2) is 24.5 Å². The summed E-state index contributed by atoms with van der Waals surface area (Å²) in [6.07, 6.45) is 5.75. The average molecular weight is 386 g/mol. The molecule has 150 valence electrons. The first-order chi connectivity index (χ1) is 13.5. The van der Waals surface area contributed by atoms with Crippen molar-refractivity contribution in [2.75, 3.05) is 38.2 Å². The molecule has 0 aromatic carbocycles. The molecule has 28 heavy (non-hydrogen) atoms. The first kappa shape index (κ1) is 19.0. The first-order valence-corrected chi connectivity index (χ1v) is 9.86. The minimum Gasteiger partial charge on any atom is -0.468 e. The van der Waals surface area contributed by atoms with Crippen molar-refractivity contribution < 1.29 is 19.1 Å². The van der Waals surface area contributed by atoms with E-state index in [4.69, 9.17) is 4.74 Å². The number of aromatic nitrogens is 1. The lowest BCUT2D eigenvalue weighted by Gasteiger charge is -2.49. The van der Waals surface area contributed by atoms with Crippen LogP contribution in [0.25, 0.3) is 0 Å². The zero-order valence-electron chi connectivity index (χ0n) is 16.1.